The molecular formula is C10H15N5O. The summed E-state index contributed by atoms with van der Waals surface area (Å²) in [6.07, 6.45) is 3.33. The van der Waals surface area contributed by atoms with Crippen molar-refractivity contribution < 1.29 is 4.79 Å². The smallest absolute Gasteiger partial charge is 0.224 e. The molecule has 16 heavy (non-hydrogen) atoms. The maximum absolute atomic E-state index is 11.9. The molecule has 2 aliphatic rings. The number of carbonyl (C=O) groups is 1. The summed E-state index contributed by atoms with van der Waals surface area (Å²) in [5.41, 5.74) is 0.435. The molecule has 0 bridgehead atoms. The maximum atomic E-state index is 11.9. The number of carbonyl (C=O) groups excluding carboxylic acids is 1. The summed E-state index contributed by atoms with van der Waals surface area (Å²) in [7, 11) is 0. The lowest BCUT2D eigenvalue weighted by Crippen LogP contribution is -2.32. The van der Waals surface area contributed by atoms with Crippen molar-refractivity contribution in [3.8, 4) is 0 Å². The van der Waals surface area contributed by atoms with Crippen LogP contribution in [0, 0.1) is 11.3 Å². The lowest BCUT2D eigenvalue weighted by atomic mass is 10.1. The van der Waals surface area contributed by atoms with E-state index in [1.165, 1.54) is 12.7 Å². The minimum absolute atomic E-state index is 0.226. The van der Waals surface area contributed by atoms with Gasteiger partial charge in [-0.25, -0.2) is 4.68 Å². The Balaban J connectivity index is 1.51. The Hall–Kier alpha value is -1.46. The van der Waals surface area contributed by atoms with Gasteiger partial charge >= 0.3 is 0 Å². The van der Waals surface area contributed by atoms with E-state index in [-0.39, 0.29) is 5.91 Å². The van der Waals surface area contributed by atoms with Crippen LogP contribution in [-0.2, 0) is 11.3 Å². The van der Waals surface area contributed by atoms with Crippen LogP contribution in [0.1, 0.15) is 19.8 Å². The number of aromatic nitrogens is 4. The van der Waals surface area contributed by atoms with Gasteiger partial charge in [-0.05, 0) is 28.2 Å². The fraction of sp³-hybridized carbons (Fsp3) is 0.800. The second-order valence-corrected chi connectivity index (χ2v) is 5.15. The normalized spacial score (nSPS) is 31.6. The van der Waals surface area contributed by atoms with Gasteiger partial charge < -0.3 is 4.90 Å². The zero-order valence-corrected chi connectivity index (χ0v) is 9.33. The molecule has 2 atom stereocenters. The first-order valence-electron chi connectivity index (χ1n) is 5.66. The lowest BCUT2D eigenvalue weighted by molar-refractivity contribution is -0.131. The van der Waals surface area contributed by atoms with E-state index in [1.54, 1.807) is 4.68 Å². The molecule has 6 heteroatoms. The van der Waals surface area contributed by atoms with Gasteiger partial charge in [0.15, 0.2) is 0 Å². The Bertz CT molecular complexity index is 403. The highest BCUT2D eigenvalue weighted by atomic mass is 16.2. The van der Waals surface area contributed by atoms with Crippen LogP contribution in [-0.4, -0.2) is 44.1 Å². The Morgan fingerprint density at radius 3 is 3.12 bits per heavy atom. The van der Waals surface area contributed by atoms with E-state index >= 15 is 0 Å². The molecule has 0 N–H and O–H groups in total. The van der Waals surface area contributed by atoms with Crippen molar-refractivity contribution >= 4 is 5.91 Å². The van der Waals surface area contributed by atoms with Gasteiger partial charge in [0.25, 0.3) is 0 Å². The second-order valence-electron chi connectivity index (χ2n) is 5.15. The van der Waals surface area contributed by atoms with Gasteiger partial charge in [-0.15, -0.1) is 5.10 Å². The number of nitrogens with zero attached hydrogens (tertiary/aromatic N) is 5. The van der Waals surface area contributed by atoms with Crippen molar-refractivity contribution in [2.24, 2.45) is 11.3 Å². The summed E-state index contributed by atoms with van der Waals surface area (Å²) < 4.78 is 1.59. The number of piperidine rings is 1. The molecule has 2 heterocycles. The van der Waals surface area contributed by atoms with E-state index in [0.717, 1.165) is 19.0 Å². The van der Waals surface area contributed by atoms with E-state index in [1.807, 2.05) is 4.90 Å². The third-order valence-electron chi connectivity index (χ3n) is 3.83. The molecule has 1 amide bonds. The van der Waals surface area contributed by atoms with Crippen molar-refractivity contribution in [2.45, 2.75) is 26.3 Å². The standard InChI is InChI=1S/C10H15N5O/c1-10-4-8(10)5-14(6-10)9(16)2-3-15-7-11-12-13-15/h7-8H,2-6H2,1H3. The van der Waals surface area contributed by atoms with Gasteiger partial charge in [0.05, 0.1) is 6.54 Å². The monoisotopic (exact) mass is 221 g/mol. The number of rotatable bonds is 3. The summed E-state index contributed by atoms with van der Waals surface area (Å²) in [6.45, 7) is 4.73. The SMILES string of the molecule is CC12CC1CN(C(=O)CCn1cnnn1)C2. The number of likely N-dealkylation sites (tertiary alicyclic amines) is 1. The number of amides is 1. The molecule has 6 nitrogen and oxygen atoms in total. The maximum Gasteiger partial charge on any atom is 0.224 e. The van der Waals surface area contributed by atoms with E-state index in [0.29, 0.717) is 18.4 Å². The fourth-order valence-electron chi connectivity index (χ4n) is 2.59. The van der Waals surface area contributed by atoms with Crippen molar-refractivity contribution in [1.82, 2.24) is 25.1 Å². The zero-order valence-electron chi connectivity index (χ0n) is 9.33. The topological polar surface area (TPSA) is 63.9 Å². The molecule has 0 aromatic carbocycles. The van der Waals surface area contributed by atoms with Gasteiger partial charge in [-0.1, -0.05) is 6.92 Å². The van der Waals surface area contributed by atoms with Crippen LogP contribution in [0.15, 0.2) is 6.33 Å². The summed E-state index contributed by atoms with van der Waals surface area (Å²) in [5.74, 6) is 0.980. The Morgan fingerprint density at radius 1 is 1.62 bits per heavy atom. The average Bonchev–Trinajstić information content (AvgIpc) is 2.73. The first kappa shape index (κ1) is 9.74. The highest BCUT2D eigenvalue weighted by Gasteiger charge is 2.56. The fourth-order valence-corrected chi connectivity index (χ4v) is 2.59. The Kier molecular flexibility index (Phi) is 1.99. The molecule has 1 aliphatic heterocycles. The molecule has 3 rings (SSSR count). The molecule has 2 fully saturated rings. The van der Waals surface area contributed by atoms with Crippen molar-refractivity contribution in [3.05, 3.63) is 6.33 Å². The summed E-state index contributed by atoms with van der Waals surface area (Å²) in [5, 5.41) is 10.8. The minimum atomic E-state index is 0.226. The van der Waals surface area contributed by atoms with E-state index < -0.39 is 0 Å². The number of fused-ring (bicyclic) bond motifs is 1. The molecule has 1 aliphatic carbocycles. The van der Waals surface area contributed by atoms with Crippen LogP contribution in [0.3, 0.4) is 0 Å². The number of aryl methyl sites for hydroxylation is 1. The van der Waals surface area contributed by atoms with Gasteiger partial charge in [-0.2, -0.15) is 0 Å². The van der Waals surface area contributed by atoms with Crippen LogP contribution >= 0.6 is 0 Å². The zero-order chi connectivity index (χ0) is 11.2. The predicted molar refractivity (Wildman–Crippen MR) is 55.2 cm³/mol. The van der Waals surface area contributed by atoms with E-state index in [4.69, 9.17) is 0 Å². The predicted octanol–water partition coefficient (Wildman–Crippen LogP) is -0.0684. The van der Waals surface area contributed by atoms with E-state index in [2.05, 4.69) is 22.4 Å². The van der Waals surface area contributed by atoms with E-state index in [9.17, 15) is 4.79 Å². The molecule has 0 radical (unpaired) electrons. The molecular weight excluding hydrogens is 206 g/mol. The van der Waals surface area contributed by atoms with Crippen molar-refractivity contribution in [1.29, 1.82) is 0 Å². The summed E-state index contributed by atoms with van der Waals surface area (Å²) >= 11 is 0. The van der Waals surface area contributed by atoms with Crippen LogP contribution in [0.2, 0.25) is 0 Å². The van der Waals surface area contributed by atoms with Crippen molar-refractivity contribution in [2.75, 3.05) is 13.1 Å². The summed E-state index contributed by atoms with van der Waals surface area (Å²) in [4.78, 5) is 13.9. The third-order valence-corrected chi connectivity index (χ3v) is 3.83. The molecule has 86 valence electrons. The molecule has 1 aromatic heterocycles. The van der Waals surface area contributed by atoms with Crippen molar-refractivity contribution in [3.63, 3.8) is 0 Å². The van der Waals surface area contributed by atoms with Gasteiger partial charge in [0.1, 0.15) is 6.33 Å². The van der Waals surface area contributed by atoms with Gasteiger partial charge in [-0.3, -0.25) is 4.79 Å². The lowest BCUT2D eigenvalue weighted by Gasteiger charge is -2.19. The molecule has 1 saturated heterocycles. The van der Waals surface area contributed by atoms with Crippen LogP contribution in [0.5, 0.6) is 0 Å². The van der Waals surface area contributed by atoms with Crippen LogP contribution in [0.4, 0.5) is 0 Å². The molecule has 2 unspecified atom stereocenters. The first-order chi connectivity index (χ1) is 7.67. The van der Waals surface area contributed by atoms with Crippen LogP contribution < -0.4 is 0 Å². The summed E-state index contributed by atoms with van der Waals surface area (Å²) in [6, 6.07) is 0. The van der Waals surface area contributed by atoms with Gasteiger partial charge in [0, 0.05) is 19.5 Å². The second kappa shape index (κ2) is 3.26. The molecule has 1 saturated carbocycles. The Morgan fingerprint density at radius 2 is 2.50 bits per heavy atom. The minimum Gasteiger partial charge on any atom is -0.342 e. The number of tetrazole rings is 1. The first-order valence-corrected chi connectivity index (χ1v) is 5.66. The highest BCUT2D eigenvalue weighted by molar-refractivity contribution is 5.76. The quantitative estimate of drug-likeness (QED) is 0.716. The third kappa shape index (κ3) is 1.58. The van der Waals surface area contributed by atoms with Gasteiger partial charge in [0.2, 0.25) is 5.91 Å². The number of hydrogen-bond acceptors (Lipinski definition) is 4. The Labute approximate surface area is 93.6 Å². The average molecular weight is 221 g/mol. The van der Waals surface area contributed by atoms with Crippen LogP contribution in [0.25, 0.3) is 0 Å². The molecule has 1 aromatic rings. The molecule has 0 spiro atoms. The highest BCUT2D eigenvalue weighted by Crippen LogP contribution is 2.57. The largest absolute Gasteiger partial charge is 0.342 e. The number of hydrogen-bond donors (Lipinski definition) is 0.